The fourth-order valence-electron chi connectivity index (χ4n) is 2.37. The fourth-order valence-corrected chi connectivity index (χ4v) is 2.37. The van der Waals surface area contributed by atoms with E-state index in [1.807, 2.05) is 6.92 Å². The van der Waals surface area contributed by atoms with Crippen molar-refractivity contribution in [3.8, 4) is 0 Å². The summed E-state index contributed by atoms with van der Waals surface area (Å²) in [7, 11) is 0. The van der Waals surface area contributed by atoms with Crippen LogP contribution in [0.2, 0.25) is 0 Å². The lowest BCUT2D eigenvalue weighted by Crippen LogP contribution is -2.16. The van der Waals surface area contributed by atoms with Gasteiger partial charge in [0.15, 0.2) is 0 Å². The third-order valence-electron chi connectivity index (χ3n) is 3.71. The van der Waals surface area contributed by atoms with Crippen molar-refractivity contribution in [1.29, 1.82) is 0 Å². The number of hydrogen-bond acceptors (Lipinski definition) is 2. The van der Waals surface area contributed by atoms with Crippen LogP contribution >= 0.6 is 0 Å². The zero-order chi connectivity index (χ0) is 20.4. The second kappa shape index (κ2) is 7.50. The van der Waals surface area contributed by atoms with E-state index >= 15 is 0 Å². The summed E-state index contributed by atoms with van der Waals surface area (Å²) < 4.78 is 77.3. The number of nitrogens with one attached hydrogen (secondary N) is 2. The van der Waals surface area contributed by atoms with Gasteiger partial charge in [-0.2, -0.15) is 26.3 Å². The van der Waals surface area contributed by atoms with Crippen LogP contribution < -0.4 is 10.6 Å². The second-order valence-corrected chi connectivity index (χ2v) is 5.81. The Morgan fingerprint density at radius 1 is 0.926 bits per heavy atom. The van der Waals surface area contributed by atoms with E-state index in [0.29, 0.717) is 24.4 Å². The lowest BCUT2D eigenvalue weighted by atomic mass is 10.1. The molecule has 0 fully saturated rings. The first-order valence-electron chi connectivity index (χ1n) is 7.87. The zero-order valence-electron chi connectivity index (χ0n) is 14.3. The maximum absolute atomic E-state index is 12.9. The molecule has 0 aliphatic carbocycles. The van der Waals surface area contributed by atoms with Gasteiger partial charge in [0.25, 0.3) is 5.91 Å². The SMILES string of the molecule is CCNc1cc(C(=O)Nc2cc(C(F)(F)F)cc(C(F)(F)F)c2)ccc1C. The maximum Gasteiger partial charge on any atom is 0.416 e. The predicted molar refractivity (Wildman–Crippen MR) is 89.7 cm³/mol. The van der Waals surface area contributed by atoms with Crippen LogP contribution in [-0.2, 0) is 12.4 Å². The van der Waals surface area contributed by atoms with Crippen LogP contribution in [0.5, 0.6) is 0 Å². The molecule has 2 aromatic carbocycles. The standard InChI is InChI=1S/C18H16F6N2O/c1-3-25-15-6-11(5-4-10(15)2)16(27)26-14-8-12(17(19,20)21)7-13(9-14)18(22,23)24/h4-9,25H,3H2,1-2H3,(H,26,27). The summed E-state index contributed by atoms with van der Waals surface area (Å²) in [5.74, 6) is -0.818. The summed E-state index contributed by atoms with van der Waals surface area (Å²) >= 11 is 0. The molecule has 0 atom stereocenters. The van der Waals surface area contributed by atoms with Crippen LogP contribution in [-0.4, -0.2) is 12.5 Å². The molecule has 3 nitrogen and oxygen atoms in total. The van der Waals surface area contributed by atoms with E-state index in [1.54, 1.807) is 13.0 Å². The molecule has 0 saturated heterocycles. The molecule has 2 rings (SSSR count). The molecule has 0 aliphatic heterocycles. The van der Waals surface area contributed by atoms with Crippen LogP contribution in [0.1, 0.15) is 34.0 Å². The van der Waals surface area contributed by atoms with Gasteiger partial charge in [0.1, 0.15) is 0 Å². The minimum Gasteiger partial charge on any atom is -0.385 e. The Morgan fingerprint density at radius 3 is 1.96 bits per heavy atom. The van der Waals surface area contributed by atoms with E-state index in [4.69, 9.17) is 0 Å². The molecule has 0 heterocycles. The number of anilines is 2. The number of rotatable bonds is 4. The molecule has 2 N–H and O–H groups in total. The zero-order valence-corrected chi connectivity index (χ0v) is 14.3. The minimum absolute atomic E-state index is 0.00477. The van der Waals surface area contributed by atoms with Gasteiger partial charge in [-0.25, -0.2) is 0 Å². The average molecular weight is 390 g/mol. The Hall–Kier alpha value is -2.71. The van der Waals surface area contributed by atoms with Crippen LogP contribution in [0.3, 0.4) is 0 Å². The summed E-state index contributed by atoms with van der Waals surface area (Å²) in [6, 6.07) is 5.47. The van der Waals surface area contributed by atoms with E-state index in [9.17, 15) is 31.1 Å². The molecule has 0 bridgehead atoms. The third kappa shape index (κ3) is 5.15. The highest BCUT2D eigenvalue weighted by Crippen LogP contribution is 2.37. The van der Waals surface area contributed by atoms with Gasteiger partial charge in [-0.1, -0.05) is 6.07 Å². The fraction of sp³-hybridized carbons (Fsp3) is 0.278. The van der Waals surface area contributed by atoms with Crippen molar-refractivity contribution in [2.24, 2.45) is 0 Å². The summed E-state index contributed by atoms with van der Waals surface area (Å²) in [4.78, 5) is 12.3. The Bertz CT molecular complexity index is 810. The highest BCUT2D eigenvalue weighted by atomic mass is 19.4. The Labute approximate surface area is 151 Å². The van der Waals surface area contributed by atoms with Crippen LogP contribution in [0.15, 0.2) is 36.4 Å². The molecule has 146 valence electrons. The molecular formula is C18H16F6N2O. The molecule has 0 aromatic heterocycles. The molecule has 0 spiro atoms. The number of aryl methyl sites for hydroxylation is 1. The molecule has 0 saturated carbocycles. The van der Waals surface area contributed by atoms with Crippen molar-refractivity contribution in [2.45, 2.75) is 26.2 Å². The number of carbonyl (C=O) groups is 1. The second-order valence-electron chi connectivity index (χ2n) is 5.81. The van der Waals surface area contributed by atoms with Gasteiger partial charge in [-0.3, -0.25) is 4.79 Å². The maximum atomic E-state index is 12.9. The highest BCUT2D eigenvalue weighted by Gasteiger charge is 2.37. The van der Waals surface area contributed by atoms with Crippen LogP contribution in [0, 0.1) is 6.92 Å². The number of carbonyl (C=O) groups excluding carboxylic acids is 1. The Balaban J connectivity index is 2.38. The van der Waals surface area contributed by atoms with Crippen molar-refractivity contribution in [3.05, 3.63) is 58.7 Å². The topological polar surface area (TPSA) is 41.1 Å². The van der Waals surface area contributed by atoms with Gasteiger partial charge in [-0.15, -0.1) is 0 Å². The molecule has 0 radical (unpaired) electrons. The molecule has 0 unspecified atom stereocenters. The van der Waals surface area contributed by atoms with E-state index in [0.717, 1.165) is 5.56 Å². The lowest BCUT2D eigenvalue weighted by Gasteiger charge is -2.15. The van der Waals surface area contributed by atoms with Crippen molar-refractivity contribution in [3.63, 3.8) is 0 Å². The molecular weight excluding hydrogens is 374 g/mol. The van der Waals surface area contributed by atoms with E-state index in [1.165, 1.54) is 12.1 Å². The molecule has 0 aliphatic rings. The number of benzene rings is 2. The van der Waals surface area contributed by atoms with E-state index in [-0.39, 0.29) is 11.6 Å². The van der Waals surface area contributed by atoms with Crippen molar-refractivity contribution >= 4 is 17.3 Å². The van der Waals surface area contributed by atoms with Gasteiger partial charge in [0.2, 0.25) is 0 Å². The normalized spacial score (nSPS) is 12.0. The van der Waals surface area contributed by atoms with Gasteiger partial charge in [0.05, 0.1) is 11.1 Å². The third-order valence-corrected chi connectivity index (χ3v) is 3.71. The molecule has 27 heavy (non-hydrogen) atoms. The van der Waals surface area contributed by atoms with Crippen LogP contribution in [0.25, 0.3) is 0 Å². The van der Waals surface area contributed by atoms with Gasteiger partial charge in [-0.05, 0) is 49.7 Å². The van der Waals surface area contributed by atoms with Crippen molar-refractivity contribution < 1.29 is 31.1 Å². The van der Waals surface area contributed by atoms with Gasteiger partial charge >= 0.3 is 12.4 Å². The summed E-state index contributed by atoms with van der Waals surface area (Å²) in [5, 5.41) is 5.12. The van der Waals surface area contributed by atoms with Crippen LogP contribution in [0.4, 0.5) is 37.7 Å². The molecule has 9 heteroatoms. The lowest BCUT2D eigenvalue weighted by molar-refractivity contribution is -0.143. The van der Waals surface area contributed by atoms with Gasteiger partial charge < -0.3 is 10.6 Å². The quantitative estimate of drug-likeness (QED) is 0.656. The molecule has 1 amide bonds. The predicted octanol–water partition coefficient (Wildman–Crippen LogP) is 5.72. The Kier molecular flexibility index (Phi) is 5.72. The number of halogens is 6. The largest absolute Gasteiger partial charge is 0.416 e. The Morgan fingerprint density at radius 2 is 1.48 bits per heavy atom. The smallest absolute Gasteiger partial charge is 0.385 e. The summed E-state index contributed by atoms with van der Waals surface area (Å²) in [5.41, 5.74) is -2.00. The number of hydrogen-bond donors (Lipinski definition) is 2. The first-order chi connectivity index (χ1) is 12.4. The van der Waals surface area contributed by atoms with Crippen molar-refractivity contribution in [2.75, 3.05) is 17.2 Å². The summed E-state index contributed by atoms with van der Waals surface area (Å²) in [6.45, 7) is 4.21. The first-order valence-corrected chi connectivity index (χ1v) is 7.87. The number of amides is 1. The van der Waals surface area contributed by atoms with E-state index in [2.05, 4.69) is 10.6 Å². The minimum atomic E-state index is -4.98. The monoisotopic (exact) mass is 390 g/mol. The first kappa shape index (κ1) is 20.6. The highest BCUT2D eigenvalue weighted by molar-refractivity contribution is 6.05. The van der Waals surface area contributed by atoms with Gasteiger partial charge in [0, 0.05) is 23.5 Å². The van der Waals surface area contributed by atoms with E-state index < -0.39 is 35.1 Å². The summed E-state index contributed by atoms with van der Waals surface area (Å²) in [6.07, 6.45) is -9.97. The van der Waals surface area contributed by atoms with Crippen molar-refractivity contribution in [1.82, 2.24) is 0 Å². The number of alkyl halides is 6. The average Bonchev–Trinajstić information content (AvgIpc) is 2.55. The molecule has 2 aromatic rings.